The van der Waals surface area contributed by atoms with E-state index in [1.54, 1.807) is 0 Å². The van der Waals surface area contributed by atoms with Gasteiger partial charge in [-0.25, -0.2) is 9.59 Å². The molecule has 0 heterocycles. The van der Waals surface area contributed by atoms with Gasteiger partial charge in [-0.05, 0) is 74.9 Å². The molecule has 0 aliphatic rings. The van der Waals surface area contributed by atoms with Gasteiger partial charge in [-0.2, -0.15) is 0 Å². The smallest absolute Gasteiger partial charge is 0.411 e. The summed E-state index contributed by atoms with van der Waals surface area (Å²) >= 11 is 0. The van der Waals surface area contributed by atoms with E-state index in [1.807, 2.05) is 27.7 Å². The summed E-state index contributed by atoms with van der Waals surface area (Å²) in [7, 11) is 0. The van der Waals surface area contributed by atoms with Crippen LogP contribution in [0.15, 0.2) is 0 Å². The van der Waals surface area contributed by atoms with Crippen molar-refractivity contribution in [3.63, 3.8) is 0 Å². The molecule has 8 atom stereocenters. The Balaban J connectivity index is 0.0000172. The van der Waals surface area contributed by atoms with Crippen molar-refractivity contribution in [2.45, 2.75) is 124 Å². The monoisotopic (exact) mass is 1220 g/mol. The maximum Gasteiger partial charge on any atom is 0.411 e. The lowest BCUT2D eigenvalue weighted by molar-refractivity contribution is 0.0203. The molecule has 30 heteroatoms. The first kappa shape index (κ1) is 79.2. The van der Waals surface area contributed by atoms with Gasteiger partial charge in [-0.1, -0.05) is 27.7 Å². The predicted molar refractivity (Wildman–Crippen MR) is 307 cm³/mol. The fraction of sp³-hybridized carbons (Fsp3) is 0.673. The second kappa shape index (κ2) is 40.6. The number of aliphatic hydroxyl groups is 16. The molecular formula is C55H94N6O24. The van der Waals surface area contributed by atoms with Crippen molar-refractivity contribution in [1.82, 2.24) is 19.6 Å². The van der Waals surface area contributed by atoms with Crippen LogP contribution in [-0.4, -0.2) is 304 Å². The van der Waals surface area contributed by atoms with Crippen LogP contribution in [0.3, 0.4) is 0 Å². The third kappa shape index (κ3) is 23.8. The average molecular weight is 1220 g/mol. The zero-order valence-corrected chi connectivity index (χ0v) is 50.3. The first-order chi connectivity index (χ1) is 40.1. The molecule has 0 bridgehead atoms. The topological polar surface area (TPSA) is 482 Å². The fourth-order valence-electron chi connectivity index (χ4n) is 8.85. The van der Waals surface area contributed by atoms with Crippen LogP contribution in [0.5, 0.6) is 0 Å². The standard InChI is InChI=1S/C51H82N6O24.2C2H6/c1-26-40(46(74)54(10-32(66)18-58)11-33(67)19-59)28(3)44(29(4)41(26)47(75)55(12-34(68)20-60)13-35(69)21-61)52-50(78)80-8-7-9-81-51(79)53-45-30(5)42(48(76)56(14-36(70)22-62)15-37(71)23-63)27(2)43(31(45)6)49(77)57(16-38(72)24-64)17-39(73)25-65;2*1-2/h32-39,58-73H,7-25H2,1-6H3,(H,52,78)(H,53,79);2*1-2H3. The minimum atomic E-state index is -1.54. The lowest BCUT2D eigenvalue weighted by Gasteiger charge is -2.31. The minimum Gasteiger partial charge on any atom is -0.449 e. The Bertz CT molecular complexity index is 2070. The summed E-state index contributed by atoms with van der Waals surface area (Å²) in [6, 6.07) is 0. The molecule has 2 aromatic carbocycles. The molecule has 30 nitrogen and oxygen atoms in total. The lowest BCUT2D eigenvalue weighted by atomic mass is 9.89. The van der Waals surface area contributed by atoms with E-state index in [-0.39, 0.29) is 73.4 Å². The third-order valence-electron chi connectivity index (χ3n) is 12.8. The summed E-state index contributed by atoms with van der Waals surface area (Å²) in [5, 5.41) is 164. The third-order valence-corrected chi connectivity index (χ3v) is 12.8. The summed E-state index contributed by atoms with van der Waals surface area (Å²) in [5.74, 6) is -3.83. The van der Waals surface area contributed by atoms with Gasteiger partial charge in [-0.15, -0.1) is 0 Å². The number of rotatable bonds is 34. The van der Waals surface area contributed by atoms with Crippen molar-refractivity contribution in [3.8, 4) is 0 Å². The fourth-order valence-corrected chi connectivity index (χ4v) is 8.85. The van der Waals surface area contributed by atoms with Gasteiger partial charge in [-0.3, -0.25) is 29.8 Å². The zero-order valence-electron chi connectivity index (χ0n) is 50.3. The molecule has 0 aliphatic heterocycles. The molecule has 85 heavy (non-hydrogen) atoms. The van der Waals surface area contributed by atoms with E-state index in [0.717, 1.165) is 19.6 Å². The van der Waals surface area contributed by atoms with Crippen LogP contribution in [0.1, 0.15) is 109 Å². The molecule has 18 N–H and O–H groups in total. The van der Waals surface area contributed by atoms with Crippen molar-refractivity contribution < 1.29 is 120 Å². The van der Waals surface area contributed by atoms with Gasteiger partial charge in [0.15, 0.2) is 0 Å². The molecule has 0 aromatic heterocycles. The molecule has 0 aliphatic carbocycles. The number of benzene rings is 2. The first-order valence-electron chi connectivity index (χ1n) is 27.8. The SMILES string of the molecule is CC.CC.Cc1c(NC(=O)OCCCOC(=O)Nc2c(C)c(C(=O)N(CC(O)CO)CC(O)CO)c(C)c(C(=O)N(CC(O)CO)CC(O)CO)c2C)c(C)c(C(=O)N(CC(O)CO)CC(O)CO)c(C)c1C(=O)N(CC(O)CO)CC(O)CO. The Kier molecular flexibility index (Phi) is 37.8. The second-order valence-electron chi connectivity index (χ2n) is 19.4. The summed E-state index contributed by atoms with van der Waals surface area (Å²) in [6.07, 6.45) is -14.9. The van der Waals surface area contributed by atoms with E-state index in [0.29, 0.717) is 0 Å². The van der Waals surface area contributed by atoms with E-state index in [4.69, 9.17) is 9.47 Å². The normalized spacial score (nSPS) is 13.9. The van der Waals surface area contributed by atoms with E-state index in [2.05, 4.69) is 10.6 Å². The number of nitrogens with one attached hydrogen (secondary N) is 2. The molecule has 488 valence electrons. The van der Waals surface area contributed by atoms with Crippen LogP contribution in [0, 0.1) is 41.5 Å². The molecule has 2 aromatic rings. The second-order valence-corrected chi connectivity index (χ2v) is 19.4. The van der Waals surface area contributed by atoms with Crippen molar-refractivity contribution in [3.05, 3.63) is 55.6 Å². The Morgan fingerprint density at radius 2 is 0.494 bits per heavy atom. The molecule has 2 rings (SSSR count). The maximum atomic E-state index is 14.4. The van der Waals surface area contributed by atoms with Gasteiger partial charge in [0.2, 0.25) is 0 Å². The van der Waals surface area contributed by atoms with Crippen molar-refractivity contribution in [1.29, 1.82) is 0 Å². The van der Waals surface area contributed by atoms with Gasteiger partial charge in [0.25, 0.3) is 23.6 Å². The molecule has 6 amide bonds. The number of hydrogen-bond acceptors (Lipinski definition) is 24. The quantitative estimate of drug-likeness (QED) is 0.0301. The Morgan fingerprint density at radius 3 is 0.647 bits per heavy atom. The van der Waals surface area contributed by atoms with Gasteiger partial charge in [0.1, 0.15) is 0 Å². The lowest BCUT2D eigenvalue weighted by Crippen LogP contribution is -2.45. The maximum absolute atomic E-state index is 14.4. The summed E-state index contributed by atoms with van der Waals surface area (Å²) in [5.41, 5.74) is -1.52. The number of hydrogen-bond donors (Lipinski definition) is 18. The molecular weight excluding hydrogens is 1130 g/mol. The van der Waals surface area contributed by atoms with Crippen LogP contribution in [0.4, 0.5) is 21.0 Å². The van der Waals surface area contributed by atoms with Crippen LogP contribution in [0.2, 0.25) is 0 Å². The molecule has 0 saturated carbocycles. The van der Waals surface area contributed by atoms with Gasteiger partial charge in [0.05, 0.1) is 126 Å². The first-order valence-corrected chi connectivity index (χ1v) is 27.8. The van der Waals surface area contributed by atoms with Gasteiger partial charge < -0.3 is 111 Å². The van der Waals surface area contributed by atoms with Crippen molar-refractivity contribution >= 4 is 47.2 Å². The number of carbonyl (C=O) groups is 6. The average Bonchev–Trinajstić information content (AvgIpc) is 3.14. The van der Waals surface area contributed by atoms with Crippen LogP contribution in [0.25, 0.3) is 0 Å². The Labute approximate surface area is 494 Å². The number of carbonyl (C=O) groups excluding carboxylic acids is 6. The predicted octanol–water partition coefficient (Wildman–Crippen LogP) is -3.63. The molecule has 0 spiro atoms. The van der Waals surface area contributed by atoms with Gasteiger partial charge in [0, 0.05) is 81.0 Å². The van der Waals surface area contributed by atoms with Crippen molar-refractivity contribution in [2.24, 2.45) is 0 Å². The van der Waals surface area contributed by atoms with E-state index in [9.17, 15) is 110 Å². The van der Waals surface area contributed by atoms with E-state index < -0.39 is 203 Å². The largest absolute Gasteiger partial charge is 0.449 e. The summed E-state index contributed by atoms with van der Waals surface area (Å²) in [6.45, 7) is 4.02. The highest BCUT2D eigenvalue weighted by Gasteiger charge is 2.35. The number of anilines is 2. The van der Waals surface area contributed by atoms with Crippen LogP contribution in [-0.2, 0) is 9.47 Å². The van der Waals surface area contributed by atoms with E-state index in [1.165, 1.54) is 41.5 Å². The van der Waals surface area contributed by atoms with Crippen LogP contribution < -0.4 is 10.6 Å². The van der Waals surface area contributed by atoms with Crippen molar-refractivity contribution in [2.75, 3.05) is 129 Å². The van der Waals surface area contributed by atoms with Gasteiger partial charge >= 0.3 is 12.2 Å². The molecule has 0 radical (unpaired) electrons. The van der Waals surface area contributed by atoms with Crippen LogP contribution >= 0.6 is 0 Å². The highest BCUT2D eigenvalue weighted by Crippen LogP contribution is 2.36. The Morgan fingerprint density at radius 1 is 0.329 bits per heavy atom. The summed E-state index contributed by atoms with van der Waals surface area (Å²) in [4.78, 5) is 88.2. The number of amides is 6. The van der Waals surface area contributed by atoms with E-state index >= 15 is 0 Å². The highest BCUT2D eigenvalue weighted by atomic mass is 16.6. The number of nitrogens with zero attached hydrogens (tertiary/aromatic N) is 4. The number of ether oxygens (including phenoxy) is 2. The molecule has 8 unspecified atom stereocenters. The Hall–Kier alpha value is -5.78. The zero-order chi connectivity index (χ0) is 65.6. The molecule has 0 fully saturated rings. The summed E-state index contributed by atoms with van der Waals surface area (Å²) < 4.78 is 10.7. The molecule has 0 saturated heterocycles. The highest BCUT2D eigenvalue weighted by molar-refractivity contribution is 6.09. The number of aliphatic hydroxyl groups excluding tert-OH is 16. The minimum absolute atomic E-state index is 0.00986.